The van der Waals surface area contributed by atoms with Gasteiger partial charge in [-0.15, -0.1) is 11.8 Å². The molecule has 0 aliphatic carbocycles. The van der Waals surface area contributed by atoms with Crippen molar-refractivity contribution in [1.82, 2.24) is 10.2 Å². The van der Waals surface area contributed by atoms with E-state index in [1.807, 2.05) is 48.5 Å². The third-order valence-electron chi connectivity index (χ3n) is 4.50. The summed E-state index contributed by atoms with van der Waals surface area (Å²) in [6, 6.07) is 17.9. The van der Waals surface area contributed by atoms with Crippen molar-refractivity contribution in [2.24, 2.45) is 0 Å². The molecule has 2 aromatic carbocycles. The fraction of sp³-hybridized carbons (Fsp3) is 0.273. The van der Waals surface area contributed by atoms with Crippen molar-refractivity contribution in [3.05, 3.63) is 71.9 Å². The van der Waals surface area contributed by atoms with Gasteiger partial charge in [0, 0.05) is 24.6 Å². The van der Waals surface area contributed by atoms with Crippen LogP contribution in [-0.4, -0.2) is 29.0 Å². The van der Waals surface area contributed by atoms with Crippen molar-refractivity contribution in [3.8, 4) is 0 Å². The van der Waals surface area contributed by atoms with E-state index < -0.39 is 0 Å². The highest BCUT2D eigenvalue weighted by Gasteiger charge is 2.27. The lowest BCUT2D eigenvalue weighted by molar-refractivity contribution is -0.129. The van der Waals surface area contributed by atoms with Crippen LogP contribution in [0.25, 0.3) is 6.08 Å². The van der Waals surface area contributed by atoms with E-state index >= 15 is 0 Å². The number of benzene rings is 2. The normalized spacial score (nSPS) is 15.3. The Morgan fingerprint density at radius 3 is 2.59 bits per heavy atom. The maximum atomic E-state index is 12.4. The van der Waals surface area contributed by atoms with Gasteiger partial charge in [0.2, 0.25) is 11.8 Å². The summed E-state index contributed by atoms with van der Waals surface area (Å²) < 4.78 is 0. The van der Waals surface area contributed by atoms with E-state index in [4.69, 9.17) is 0 Å². The second kappa shape index (κ2) is 9.42. The number of hydrogen-bond donors (Lipinski definition) is 1. The summed E-state index contributed by atoms with van der Waals surface area (Å²) >= 11 is 1.79. The second-order valence-corrected chi connectivity index (χ2v) is 7.62. The molecule has 2 amide bonds. The number of rotatable bonds is 7. The van der Waals surface area contributed by atoms with E-state index in [0.717, 1.165) is 23.3 Å². The number of fused-ring (bicyclic) bond motifs is 1. The molecule has 0 saturated heterocycles. The number of carbonyl (C=O) groups excluding carboxylic acids is 2. The Labute approximate surface area is 164 Å². The first-order chi connectivity index (χ1) is 13.1. The maximum Gasteiger partial charge on any atom is 0.223 e. The smallest absolute Gasteiger partial charge is 0.223 e. The molecule has 1 aliphatic heterocycles. The first-order valence-corrected chi connectivity index (χ1v) is 10.1. The van der Waals surface area contributed by atoms with Crippen LogP contribution in [0, 0.1) is 0 Å². The molecule has 27 heavy (non-hydrogen) atoms. The Bertz CT molecular complexity index is 820. The lowest BCUT2D eigenvalue weighted by Crippen LogP contribution is -2.35. The molecule has 0 radical (unpaired) electrons. The number of nitrogens with one attached hydrogen (secondary N) is 1. The van der Waals surface area contributed by atoms with Crippen LogP contribution in [0.3, 0.4) is 0 Å². The largest absolute Gasteiger partial charge is 0.356 e. The Morgan fingerprint density at radius 1 is 1.07 bits per heavy atom. The number of amides is 2. The van der Waals surface area contributed by atoms with Gasteiger partial charge in [0.1, 0.15) is 0 Å². The average molecular weight is 381 g/mol. The van der Waals surface area contributed by atoms with Crippen LogP contribution < -0.4 is 5.32 Å². The summed E-state index contributed by atoms with van der Waals surface area (Å²) in [5.41, 5.74) is 2.08. The summed E-state index contributed by atoms with van der Waals surface area (Å²) in [5.74, 6) is 0.873. The van der Waals surface area contributed by atoms with Gasteiger partial charge in [0.15, 0.2) is 0 Å². The molecule has 1 N–H and O–H groups in total. The van der Waals surface area contributed by atoms with E-state index in [1.54, 1.807) is 22.9 Å². The standard InChI is InChI=1S/C22H24N2O2S/c1-17(25)24-14-12-18-8-5-6-11-20(18)21(24)16-22(26)23-13-7-15-27-19-9-3-2-4-10-19/h2-6,8-12,14,21H,7,13,15-16H2,1H3,(H,23,26). The van der Waals surface area contributed by atoms with Crippen LogP contribution >= 0.6 is 11.8 Å². The highest BCUT2D eigenvalue weighted by Crippen LogP contribution is 2.32. The molecule has 0 aromatic heterocycles. The first kappa shape index (κ1) is 19.2. The van der Waals surface area contributed by atoms with Gasteiger partial charge in [0.05, 0.1) is 12.5 Å². The molecule has 3 rings (SSSR count). The molecule has 0 spiro atoms. The molecule has 2 aromatic rings. The topological polar surface area (TPSA) is 49.4 Å². The predicted molar refractivity (Wildman–Crippen MR) is 110 cm³/mol. The van der Waals surface area contributed by atoms with Crippen molar-refractivity contribution in [2.75, 3.05) is 12.3 Å². The molecule has 0 fully saturated rings. The van der Waals surface area contributed by atoms with Crippen LogP contribution in [0.4, 0.5) is 0 Å². The molecule has 1 unspecified atom stereocenters. The maximum absolute atomic E-state index is 12.4. The Hall–Kier alpha value is -2.53. The highest BCUT2D eigenvalue weighted by atomic mass is 32.2. The zero-order valence-electron chi connectivity index (χ0n) is 15.4. The van der Waals surface area contributed by atoms with Gasteiger partial charge in [-0.25, -0.2) is 0 Å². The Balaban J connectivity index is 1.50. The van der Waals surface area contributed by atoms with Gasteiger partial charge in [-0.2, -0.15) is 0 Å². The van der Waals surface area contributed by atoms with E-state index in [2.05, 4.69) is 17.4 Å². The Morgan fingerprint density at radius 2 is 1.81 bits per heavy atom. The minimum absolute atomic E-state index is 0.0268. The molecule has 1 heterocycles. The van der Waals surface area contributed by atoms with Gasteiger partial charge >= 0.3 is 0 Å². The quantitative estimate of drug-likeness (QED) is 0.577. The van der Waals surface area contributed by atoms with Crippen LogP contribution in [0.5, 0.6) is 0 Å². The van der Waals surface area contributed by atoms with Crippen LogP contribution in [0.2, 0.25) is 0 Å². The summed E-state index contributed by atoms with van der Waals surface area (Å²) in [5, 5.41) is 2.99. The fourth-order valence-electron chi connectivity index (χ4n) is 3.17. The number of thioether (sulfide) groups is 1. The summed E-state index contributed by atoms with van der Waals surface area (Å²) in [7, 11) is 0. The van der Waals surface area contributed by atoms with Crippen LogP contribution in [0.15, 0.2) is 65.7 Å². The SMILES string of the molecule is CC(=O)N1C=Cc2ccccc2C1CC(=O)NCCCSc1ccccc1. The molecule has 140 valence electrons. The predicted octanol–water partition coefficient (Wildman–Crippen LogP) is 4.25. The molecule has 0 saturated carbocycles. The number of hydrogen-bond acceptors (Lipinski definition) is 3. The number of nitrogens with zero attached hydrogens (tertiary/aromatic N) is 1. The van der Waals surface area contributed by atoms with E-state index in [0.29, 0.717) is 6.54 Å². The highest BCUT2D eigenvalue weighted by molar-refractivity contribution is 7.99. The van der Waals surface area contributed by atoms with Gasteiger partial charge in [-0.3, -0.25) is 9.59 Å². The summed E-state index contributed by atoms with van der Waals surface area (Å²) in [6.45, 7) is 2.17. The summed E-state index contributed by atoms with van der Waals surface area (Å²) in [6.07, 6.45) is 4.88. The molecule has 4 nitrogen and oxygen atoms in total. The first-order valence-electron chi connectivity index (χ1n) is 9.16. The average Bonchev–Trinajstić information content (AvgIpc) is 2.68. The van der Waals surface area contributed by atoms with E-state index in [9.17, 15) is 9.59 Å². The zero-order valence-corrected chi connectivity index (χ0v) is 16.2. The lowest BCUT2D eigenvalue weighted by atomic mass is 9.93. The fourth-order valence-corrected chi connectivity index (χ4v) is 4.04. The molecular formula is C22H24N2O2S. The summed E-state index contributed by atoms with van der Waals surface area (Å²) in [4.78, 5) is 27.3. The van der Waals surface area contributed by atoms with E-state index in [-0.39, 0.29) is 24.3 Å². The van der Waals surface area contributed by atoms with Crippen molar-refractivity contribution >= 4 is 29.7 Å². The molecular weight excluding hydrogens is 356 g/mol. The molecule has 1 atom stereocenters. The third-order valence-corrected chi connectivity index (χ3v) is 5.60. The Kier molecular flexibility index (Phi) is 6.71. The minimum Gasteiger partial charge on any atom is -0.356 e. The lowest BCUT2D eigenvalue weighted by Gasteiger charge is -2.32. The monoisotopic (exact) mass is 380 g/mol. The van der Waals surface area contributed by atoms with Crippen molar-refractivity contribution in [3.63, 3.8) is 0 Å². The molecule has 1 aliphatic rings. The third kappa shape index (κ3) is 5.23. The van der Waals surface area contributed by atoms with E-state index in [1.165, 1.54) is 11.8 Å². The van der Waals surface area contributed by atoms with Crippen molar-refractivity contribution < 1.29 is 9.59 Å². The van der Waals surface area contributed by atoms with Gasteiger partial charge < -0.3 is 10.2 Å². The van der Waals surface area contributed by atoms with Gasteiger partial charge in [-0.1, -0.05) is 42.5 Å². The van der Waals surface area contributed by atoms with Crippen molar-refractivity contribution in [2.45, 2.75) is 30.7 Å². The number of carbonyl (C=O) groups is 2. The zero-order chi connectivity index (χ0) is 19.1. The van der Waals surface area contributed by atoms with Crippen LogP contribution in [0.1, 0.15) is 36.9 Å². The van der Waals surface area contributed by atoms with Gasteiger partial charge in [-0.05, 0) is 41.5 Å². The van der Waals surface area contributed by atoms with Crippen molar-refractivity contribution in [1.29, 1.82) is 0 Å². The second-order valence-electron chi connectivity index (χ2n) is 6.46. The minimum atomic E-state index is -0.248. The van der Waals surface area contributed by atoms with Crippen LogP contribution in [-0.2, 0) is 9.59 Å². The molecule has 0 bridgehead atoms. The van der Waals surface area contributed by atoms with Gasteiger partial charge in [0.25, 0.3) is 0 Å². The molecule has 5 heteroatoms.